The van der Waals surface area contributed by atoms with Crippen LogP contribution in [-0.2, 0) is 30.1 Å². The Balaban J connectivity index is 1.62. The average Bonchev–Trinajstić information content (AvgIpc) is 3.38. The van der Waals surface area contributed by atoms with E-state index in [1.165, 1.54) is 28.2 Å². The molecule has 0 aliphatic carbocycles. The van der Waals surface area contributed by atoms with Gasteiger partial charge in [-0.05, 0) is 49.9 Å². The number of benzene rings is 1. The van der Waals surface area contributed by atoms with Crippen molar-refractivity contribution in [2.75, 3.05) is 25.5 Å². The molecule has 1 aromatic heterocycles. The zero-order valence-electron chi connectivity index (χ0n) is 21.3. The molecule has 12 nitrogen and oxygen atoms in total. The zero-order chi connectivity index (χ0) is 27.0. The van der Waals surface area contributed by atoms with Crippen molar-refractivity contribution in [2.24, 2.45) is 24.5 Å². The van der Waals surface area contributed by atoms with Gasteiger partial charge in [0.25, 0.3) is 5.56 Å². The normalized spacial score (nSPS) is 21.1. The summed E-state index contributed by atoms with van der Waals surface area (Å²) in [7, 11) is 5.47. The van der Waals surface area contributed by atoms with E-state index < -0.39 is 40.4 Å². The van der Waals surface area contributed by atoms with E-state index in [2.05, 4.69) is 9.89 Å². The van der Waals surface area contributed by atoms with Crippen LogP contribution in [0.25, 0.3) is 0 Å². The van der Waals surface area contributed by atoms with E-state index in [0.717, 1.165) is 36.6 Å². The van der Waals surface area contributed by atoms with Crippen LogP contribution in [0.5, 0.6) is 5.88 Å². The number of aromatic hydroxyl groups is 1. The van der Waals surface area contributed by atoms with Crippen molar-refractivity contribution in [3.8, 4) is 5.88 Å². The van der Waals surface area contributed by atoms with Crippen LogP contribution in [0.1, 0.15) is 30.9 Å². The smallest absolute Gasteiger partial charge is 0.333 e. The molecule has 1 spiro atoms. The molecule has 37 heavy (non-hydrogen) atoms. The monoisotopic (exact) mass is 508 g/mol. The second kappa shape index (κ2) is 8.15. The number of aliphatic imine (C=N–C) groups is 1. The molecule has 5 rings (SSSR count). The van der Waals surface area contributed by atoms with E-state index in [1.807, 2.05) is 6.07 Å². The first kappa shape index (κ1) is 24.5. The number of hydrogen-bond acceptors (Lipinski definition) is 8. The molecule has 2 fully saturated rings. The van der Waals surface area contributed by atoms with Crippen molar-refractivity contribution in [3.63, 3.8) is 0 Å². The van der Waals surface area contributed by atoms with E-state index in [9.17, 15) is 29.1 Å². The van der Waals surface area contributed by atoms with Crippen LogP contribution in [0.2, 0.25) is 0 Å². The van der Waals surface area contributed by atoms with Gasteiger partial charge in [0.15, 0.2) is 5.41 Å². The molecule has 0 saturated carbocycles. The minimum Gasteiger partial charge on any atom is -0.494 e. The standard InChI is InChI=1S/C25H28N6O6/c1-13(18-19(32)27(2)23(36)28(3)20(18)33)26-15-8-9-16-14(11-15)12-25(17-7-6-10-31(16)17)21(34)29(4)24(37)30(5)22(25)35/h8-9,11,17,32H,6-7,10,12H2,1-5H3/t17-/m1/s1. The van der Waals surface area contributed by atoms with Crippen LogP contribution < -0.4 is 16.1 Å². The quantitative estimate of drug-likeness (QED) is 0.460. The van der Waals surface area contributed by atoms with Gasteiger partial charge in [-0.2, -0.15) is 0 Å². The first-order valence-corrected chi connectivity index (χ1v) is 12.0. The minimum atomic E-state index is -1.43. The summed E-state index contributed by atoms with van der Waals surface area (Å²) in [6, 6.07) is 4.39. The molecular weight excluding hydrogens is 480 g/mol. The number of aromatic nitrogens is 2. The molecule has 1 atom stereocenters. The van der Waals surface area contributed by atoms with Crippen LogP contribution in [-0.4, -0.2) is 74.3 Å². The van der Waals surface area contributed by atoms with Crippen molar-refractivity contribution < 1.29 is 19.5 Å². The van der Waals surface area contributed by atoms with E-state index in [4.69, 9.17) is 0 Å². The number of carbonyl (C=O) groups excluding carboxylic acids is 3. The molecule has 12 heteroatoms. The predicted molar refractivity (Wildman–Crippen MR) is 134 cm³/mol. The number of barbiturate groups is 1. The lowest BCUT2D eigenvalue weighted by Gasteiger charge is -2.50. The average molecular weight is 509 g/mol. The second-order valence-corrected chi connectivity index (χ2v) is 9.93. The van der Waals surface area contributed by atoms with Crippen LogP contribution in [0.3, 0.4) is 0 Å². The lowest BCUT2D eigenvalue weighted by Crippen LogP contribution is -2.70. The Hall–Kier alpha value is -4.22. The Morgan fingerprint density at radius 1 is 1.00 bits per heavy atom. The number of nitrogens with zero attached hydrogens (tertiary/aromatic N) is 6. The summed E-state index contributed by atoms with van der Waals surface area (Å²) in [5, 5.41) is 10.5. The molecule has 194 valence electrons. The first-order chi connectivity index (χ1) is 17.4. The summed E-state index contributed by atoms with van der Waals surface area (Å²) in [5.41, 5.74) is -0.583. The molecular formula is C25H28N6O6. The summed E-state index contributed by atoms with van der Waals surface area (Å²) >= 11 is 0. The van der Waals surface area contributed by atoms with Gasteiger partial charge in [0.2, 0.25) is 17.7 Å². The lowest BCUT2D eigenvalue weighted by molar-refractivity contribution is -0.159. The number of fused-ring (bicyclic) bond motifs is 4. The summed E-state index contributed by atoms with van der Waals surface area (Å²) < 4.78 is 1.86. The third-order valence-corrected chi connectivity index (χ3v) is 7.90. The highest BCUT2D eigenvalue weighted by Gasteiger charge is 2.63. The maximum atomic E-state index is 13.5. The van der Waals surface area contributed by atoms with E-state index in [-0.39, 0.29) is 23.7 Å². The summed E-state index contributed by atoms with van der Waals surface area (Å²) in [5.74, 6) is -1.50. The molecule has 3 aliphatic heterocycles. The van der Waals surface area contributed by atoms with Gasteiger partial charge in [0, 0.05) is 40.4 Å². The Kier molecular flexibility index (Phi) is 5.39. The van der Waals surface area contributed by atoms with Crippen molar-refractivity contribution in [1.29, 1.82) is 0 Å². The predicted octanol–water partition coefficient (Wildman–Crippen LogP) is 0.492. The maximum Gasteiger partial charge on any atom is 0.333 e. The summed E-state index contributed by atoms with van der Waals surface area (Å²) in [6.45, 7) is 2.23. The van der Waals surface area contributed by atoms with Crippen molar-refractivity contribution in [1.82, 2.24) is 18.9 Å². The number of anilines is 1. The first-order valence-electron chi connectivity index (χ1n) is 12.0. The number of carbonyl (C=O) groups is 3. The number of rotatable bonds is 2. The summed E-state index contributed by atoms with van der Waals surface area (Å²) in [6.07, 6.45) is 1.57. The lowest BCUT2D eigenvalue weighted by atomic mass is 9.68. The second-order valence-electron chi connectivity index (χ2n) is 9.93. The molecule has 4 amide bonds. The molecule has 4 heterocycles. The molecule has 0 unspecified atom stereocenters. The van der Waals surface area contributed by atoms with E-state index in [0.29, 0.717) is 18.7 Å². The Labute approximate surface area is 212 Å². The van der Waals surface area contributed by atoms with Crippen molar-refractivity contribution in [3.05, 3.63) is 50.2 Å². The molecule has 2 aromatic rings. The number of hydrogen-bond donors (Lipinski definition) is 1. The highest BCUT2D eigenvalue weighted by Crippen LogP contribution is 2.49. The van der Waals surface area contributed by atoms with Crippen molar-refractivity contribution in [2.45, 2.75) is 32.2 Å². The molecule has 1 aromatic carbocycles. The Morgan fingerprint density at radius 2 is 1.65 bits per heavy atom. The minimum absolute atomic E-state index is 0.0993. The van der Waals surface area contributed by atoms with E-state index >= 15 is 0 Å². The topological polar surface area (TPSA) is 138 Å². The van der Waals surface area contributed by atoms with Crippen LogP contribution in [0.15, 0.2) is 32.8 Å². The van der Waals surface area contributed by atoms with Gasteiger partial charge in [-0.3, -0.25) is 38.3 Å². The number of imide groups is 2. The van der Waals surface area contributed by atoms with Crippen LogP contribution in [0.4, 0.5) is 16.2 Å². The van der Waals surface area contributed by atoms with Crippen LogP contribution in [0, 0.1) is 5.41 Å². The summed E-state index contributed by atoms with van der Waals surface area (Å²) in [4.78, 5) is 73.0. The van der Waals surface area contributed by atoms with E-state index in [1.54, 1.807) is 19.1 Å². The fraction of sp³-hybridized carbons (Fsp3) is 0.440. The van der Waals surface area contributed by atoms with Gasteiger partial charge in [-0.25, -0.2) is 9.59 Å². The van der Waals surface area contributed by atoms with Gasteiger partial charge in [0.1, 0.15) is 5.56 Å². The fourth-order valence-electron chi connectivity index (χ4n) is 5.97. The van der Waals surface area contributed by atoms with Gasteiger partial charge in [-0.1, -0.05) is 0 Å². The molecule has 0 bridgehead atoms. The fourth-order valence-corrected chi connectivity index (χ4v) is 5.97. The highest BCUT2D eigenvalue weighted by atomic mass is 16.3. The van der Waals surface area contributed by atoms with Gasteiger partial charge >= 0.3 is 11.7 Å². The van der Waals surface area contributed by atoms with Gasteiger partial charge in [-0.15, -0.1) is 0 Å². The van der Waals surface area contributed by atoms with Gasteiger partial charge in [0.05, 0.1) is 17.4 Å². The molecule has 2 saturated heterocycles. The Morgan fingerprint density at radius 3 is 2.30 bits per heavy atom. The molecule has 1 N–H and O–H groups in total. The third-order valence-electron chi connectivity index (χ3n) is 7.90. The zero-order valence-corrected chi connectivity index (χ0v) is 21.3. The molecule has 0 radical (unpaired) electrons. The maximum absolute atomic E-state index is 13.5. The third kappa shape index (κ3) is 3.20. The SMILES string of the molecule is CC(=Nc1ccc2c(c1)CC1(C(=O)N(C)C(=O)N(C)C1=O)[C@H]1CCCN21)c1c(O)n(C)c(=O)n(C)c1=O. The number of amides is 4. The van der Waals surface area contributed by atoms with Gasteiger partial charge < -0.3 is 10.0 Å². The highest BCUT2D eigenvalue weighted by molar-refractivity contribution is 6.20. The largest absolute Gasteiger partial charge is 0.494 e. The van der Waals surface area contributed by atoms with Crippen molar-refractivity contribution >= 4 is 34.9 Å². The van der Waals surface area contributed by atoms with Crippen LogP contribution >= 0.6 is 0 Å². The number of urea groups is 1. The molecule has 3 aliphatic rings. The Bertz CT molecular complexity index is 1510.